The average molecular weight is 293 g/mol. The lowest BCUT2D eigenvalue weighted by Crippen LogP contribution is -2.38. The molecule has 5 nitrogen and oxygen atoms in total. The molecule has 0 fully saturated rings. The van der Waals surface area contributed by atoms with E-state index in [1.165, 1.54) is 0 Å². The van der Waals surface area contributed by atoms with E-state index in [-0.39, 0.29) is 6.10 Å². The summed E-state index contributed by atoms with van der Waals surface area (Å²) in [6, 6.07) is 10.1. The number of benzene rings is 1. The van der Waals surface area contributed by atoms with E-state index in [9.17, 15) is 0 Å². The molecule has 0 saturated heterocycles. The summed E-state index contributed by atoms with van der Waals surface area (Å²) in [6.45, 7) is 5.05. The van der Waals surface area contributed by atoms with E-state index < -0.39 is 0 Å². The number of nitrogens with one attached hydrogen (secondary N) is 2. The van der Waals surface area contributed by atoms with Crippen molar-refractivity contribution in [2.45, 2.75) is 19.4 Å². The van der Waals surface area contributed by atoms with E-state index in [0.717, 1.165) is 37.6 Å². The predicted molar refractivity (Wildman–Crippen MR) is 86.7 cm³/mol. The maximum atomic E-state index is 5.53. The quantitative estimate of drug-likeness (QED) is 0.415. The molecule has 0 amide bonds. The highest BCUT2D eigenvalue weighted by molar-refractivity contribution is 5.79. The van der Waals surface area contributed by atoms with E-state index in [4.69, 9.17) is 9.47 Å². The number of methoxy groups -OCH3 is 2. The van der Waals surface area contributed by atoms with Gasteiger partial charge in [0.25, 0.3) is 0 Å². The minimum atomic E-state index is -0.0272. The number of rotatable bonds is 9. The first kappa shape index (κ1) is 17.5. The molecule has 1 aromatic rings. The van der Waals surface area contributed by atoms with Crippen LogP contribution >= 0.6 is 0 Å². The second-order valence-corrected chi connectivity index (χ2v) is 4.63. The first-order valence-electron chi connectivity index (χ1n) is 7.40. The van der Waals surface area contributed by atoms with Crippen molar-refractivity contribution in [2.75, 3.05) is 40.5 Å². The van der Waals surface area contributed by atoms with Crippen LogP contribution in [0.5, 0.6) is 0 Å². The SMILES string of the molecule is CCNC(=NCC(OC)c1ccccc1)NCCCOC. The first-order valence-corrected chi connectivity index (χ1v) is 7.40. The summed E-state index contributed by atoms with van der Waals surface area (Å²) in [5, 5.41) is 6.52. The second kappa shape index (κ2) is 11.1. The standard InChI is InChI=1S/C16H27N3O2/c1-4-17-16(18-11-8-12-20-2)19-13-15(21-3)14-9-6-5-7-10-14/h5-7,9-10,15H,4,8,11-13H2,1-3H3,(H2,17,18,19). The van der Waals surface area contributed by atoms with Gasteiger partial charge in [-0.3, -0.25) is 4.99 Å². The number of ether oxygens (including phenoxy) is 2. The Kier molecular flexibility index (Phi) is 9.24. The van der Waals surface area contributed by atoms with Crippen LogP contribution in [-0.4, -0.2) is 46.4 Å². The molecule has 1 unspecified atom stereocenters. The summed E-state index contributed by atoms with van der Waals surface area (Å²) in [6.07, 6.45) is 0.924. The molecule has 0 saturated carbocycles. The zero-order valence-corrected chi connectivity index (χ0v) is 13.3. The van der Waals surface area contributed by atoms with E-state index in [1.54, 1.807) is 14.2 Å². The Balaban J connectivity index is 2.54. The molecule has 2 N–H and O–H groups in total. The largest absolute Gasteiger partial charge is 0.385 e. The van der Waals surface area contributed by atoms with Crippen LogP contribution in [0.2, 0.25) is 0 Å². The lowest BCUT2D eigenvalue weighted by molar-refractivity contribution is 0.111. The first-order chi connectivity index (χ1) is 10.3. The van der Waals surface area contributed by atoms with Crippen molar-refractivity contribution >= 4 is 5.96 Å². The van der Waals surface area contributed by atoms with E-state index in [0.29, 0.717) is 6.54 Å². The van der Waals surface area contributed by atoms with Crippen molar-refractivity contribution in [1.82, 2.24) is 10.6 Å². The highest BCUT2D eigenvalue weighted by atomic mass is 16.5. The molecule has 5 heteroatoms. The number of hydrogen-bond donors (Lipinski definition) is 2. The number of aliphatic imine (C=N–C) groups is 1. The van der Waals surface area contributed by atoms with Crippen LogP contribution in [0.1, 0.15) is 25.0 Å². The molecule has 0 radical (unpaired) electrons. The summed E-state index contributed by atoms with van der Waals surface area (Å²) in [7, 11) is 3.43. The molecule has 0 bridgehead atoms. The van der Waals surface area contributed by atoms with Gasteiger partial charge in [0.15, 0.2) is 5.96 Å². The van der Waals surface area contributed by atoms with Gasteiger partial charge in [0.2, 0.25) is 0 Å². The van der Waals surface area contributed by atoms with Gasteiger partial charge in [-0.1, -0.05) is 30.3 Å². The summed E-state index contributed by atoms with van der Waals surface area (Å²) in [5.41, 5.74) is 1.14. The predicted octanol–water partition coefficient (Wildman–Crippen LogP) is 1.97. The molecule has 1 atom stereocenters. The maximum absolute atomic E-state index is 5.53. The highest BCUT2D eigenvalue weighted by Gasteiger charge is 2.09. The van der Waals surface area contributed by atoms with Gasteiger partial charge in [0.05, 0.1) is 6.54 Å². The van der Waals surface area contributed by atoms with Crippen molar-refractivity contribution in [3.63, 3.8) is 0 Å². The van der Waals surface area contributed by atoms with Crippen LogP contribution in [0, 0.1) is 0 Å². The van der Waals surface area contributed by atoms with Gasteiger partial charge in [-0.05, 0) is 18.9 Å². The fraction of sp³-hybridized carbons (Fsp3) is 0.562. The Hall–Kier alpha value is -1.59. The molecule has 0 aliphatic carbocycles. The fourth-order valence-electron chi connectivity index (χ4n) is 1.92. The number of hydrogen-bond acceptors (Lipinski definition) is 3. The smallest absolute Gasteiger partial charge is 0.191 e. The molecule has 0 aromatic heterocycles. The lowest BCUT2D eigenvalue weighted by atomic mass is 10.1. The number of guanidine groups is 1. The third-order valence-corrected chi connectivity index (χ3v) is 3.03. The van der Waals surface area contributed by atoms with Crippen LogP contribution in [0.15, 0.2) is 35.3 Å². The van der Waals surface area contributed by atoms with Crippen LogP contribution in [0.25, 0.3) is 0 Å². The van der Waals surface area contributed by atoms with Gasteiger partial charge in [0, 0.05) is 33.9 Å². The minimum absolute atomic E-state index is 0.0272. The van der Waals surface area contributed by atoms with Gasteiger partial charge in [-0.15, -0.1) is 0 Å². The summed E-state index contributed by atoms with van der Waals surface area (Å²) in [5.74, 6) is 0.812. The molecule has 1 rings (SSSR count). The van der Waals surface area contributed by atoms with Crippen molar-refractivity contribution in [3.8, 4) is 0 Å². The summed E-state index contributed by atoms with van der Waals surface area (Å²) >= 11 is 0. The van der Waals surface area contributed by atoms with Gasteiger partial charge < -0.3 is 20.1 Å². The van der Waals surface area contributed by atoms with Crippen LogP contribution in [0.4, 0.5) is 0 Å². The Labute approximate surface area is 127 Å². The van der Waals surface area contributed by atoms with Crippen molar-refractivity contribution in [3.05, 3.63) is 35.9 Å². The van der Waals surface area contributed by atoms with Gasteiger partial charge in [0.1, 0.15) is 6.10 Å². The molecular formula is C16H27N3O2. The van der Waals surface area contributed by atoms with Crippen molar-refractivity contribution in [1.29, 1.82) is 0 Å². The maximum Gasteiger partial charge on any atom is 0.191 e. The molecule has 1 aromatic carbocycles. The lowest BCUT2D eigenvalue weighted by Gasteiger charge is -2.15. The normalized spacial score (nSPS) is 13.0. The molecule has 118 valence electrons. The fourth-order valence-corrected chi connectivity index (χ4v) is 1.92. The minimum Gasteiger partial charge on any atom is -0.385 e. The molecular weight excluding hydrogens is 266 g/mol. The van der Waals surface area contributed by atoms with E-state index in [2.05, 4.69) is 34.7 Å². The zero-order valence-electron chi connectivity index (χ0n) is 13.3. The van der Waals surface area contributed by atoms with Gasteiger partial charge in [-0.25, -0.2) is 0 Å². The van der Waals surface area contributed by atoms with E-state index in [1.807, 2.05) is 18.2 Å². The summed E-state index contributed by atoms with van der Waals surface area (Å²) < 4.78 is 10.6. The molecule has 0 heterocycles. The van der Waals surface area contributed by atoms with Gasteiger partial charge >= 0.3 is 0 Å². The molecule has 0 aliphatic heterocycles. The second-order valence-electron chi connectivity index (χ2n) is 4.63. The third-order valence-electron chi connectivity index (χ3n) is 3.03. The topological polar surface area (TPSA) is 54.9 Å². The third kappa shape index (κ3) is 7.11. The van der Waals surface area contributed by atoms with Crippen molar-refractivity contribution in [2.24, 2.45) is 4.99 Å². The van der Waals surface area contributed by atoms with Crippen LogP contribution < -0.4 is 10.6 Å². The average Bonchev–Trinajstić information content (AvgIpc) is 2.53. The van der Waals surface area contributed by atoms with Crippen molar-refractivity contribution < 1.29 is 9.47 Å². The molecule has 0 aliphatic rings. The Bertz CT molecular complexity index is 396. The highest BCUT2D eigenvalue weighted by Crippen LogP contribution is 2.16. The Morgan fingerprint density at radius 3 is 2.57 bits per heavy atom. The summed E-state index contributed by atoms with van der Waals surface area (Å²) in [4.78, 5) is 4.59. The zero-order chi connectivity index (χ0) is 15.3. The van der Waals surface area contributed by atoms with E-state index >= 15 is 0 Å². The van der Waals surface area contributed by atoms with Crippen LogP contribution in [-0.2, 0) is 9.47 Å². The Morgan fingerprint density at radius 2 is 1.95 bits per heavy atom. The Morgan fingerprint density at radius 1 is 1.19 bits per heavy atom. The molecule has 21 heavy (non-hydrogen) atoms. The number of nitrogens with zero attached hydrogens (tertiary/aromatic N) is 1. The molecule has 0 spiro atoms. The van der Waals surface area contributed by atoms with Crippen LogP contribution in [0.3, 0.4) is 0 Å². The van der Waals surface area contributed by atoms with Gasteiger partial charge in [-0.2, -0.15) is 0 Å². The monoisotopic (exact) mass is 293 g/mol.